The second kappa shape index (κ2) is 4.29. The number of nitrogens with two attached hydrogens (primary N) is 1. The maximum atomic E-state index is 11.7. The smallest absolute Gasteiger partial charge is 0.308 e. The molecule has 2 heterocycles. The zero-order valence-corrected chi connectivity index (χ0v) is 9.20. The van der Waals surface area contributed by atoms with E-state index in [4.69, 9.17) is 16.1 Å². The summed E-state index contributed by atoms with van der Waals surface area (Å²) in [7, 11) is 0. The lowest BCUT2D eigenvalue weighted by atomic mass is 10.1. The largest absolute Gasteiger partial charge is 0.481 e. The molecule has 2 rings (SSSR count). The molecule has 1 aromatic heterocycles. The molecule has 0 aliphatic carbocycles. The number of hydrogen-bond acceptors (Lipinski definition) is 6. The normalized spacial score (nSPS) is 18.7. The van der Waals surface area contributed by atoms with E-state index in [1.807, 2.05) is 6.07 Å². The fourth-order valence-electron chi connectivity index (χ4n) is 1.75. The number of carbonyl (C=O) groups is 2. The number of amides is 1. The highest BCUT2D eigenvalue weighted by molar-refractivity contribution is 5.99. The lowest BCUT2D eigenvalue weighted by molar-refractivity contribution is -0.141. The van der Waals surface area contributed by atoms with E-state index >= 15 is 0 Å². The number of nitrogens with zero attached hydrogens (tertiary/aromatic N) is 4. The molecule has 0 bridgehead atoms. The van der Waals surface area contributed by atoms with Crippen molar-refractivity contribution in [2.45, 2.75) is 6.42 Å². The molecule has 3 N–H and O–H groups in total. The molecule has 1 fully saturated rings. The number of carboxylic acids is 1. The van der Waals surface area contributed by atoms with Crippen molar-refractivity contribution in [3.05, 3.63) is 11.8 Å². The molecule has 0 saturated carbocycles. The van der Waals surface area contributed by atoms with Crippen LogP contribution in [0, 0.1) is 17.2 Å². The summed E-state index contributed by atoms with van der Waals surface area (Å²) in [5.41, 5.74) is 5.49. The predicted octanol–water partition coefficient (Wildman–Crippen LogP) is -0.632. The topological polar surface area (TPSA) is 133 Å². The minimum Gasteiger partial charge on any atom is -0.481 e. The Morgan fingerprint density at radius 2 is 2.39 bits per heavy atom. The van der Waals surface area contributed by atoms with E-state index in [2.05, 4.69) is 9.97 Å². The van der Waals surface area contributed by atoms with Crippen LogP contribution in [0.1, 0.15) is 12.0 Å². The van der Waals surface area contributed by atoms with Crippen LogP contribution >= 0.6 is 0 Å². The first-order valence-electron chi connectivity index (χ1n) is 5.08. The van der Waals surface area contributed by atoms with Crippen molar-refractivity contribution in [3.8, 4) is 6.07 Å². The summed E-state index contributed by atoms with van der Waals surface area (Å²) in [5.74, 6) is -2.24. The van der Waals surface area contributed by atoms with Crippen LogP contribution in [0.4, 0.5) is 11.8 Å². The van der Waals surface area contributed by atoms with E-state index in [-0.39, 0.29) is 30.3 Å². The van der Waals surface area contributed by atoms with Gasteiger partial charge in [0.25, 0.3) is 0 Å². The second-order valence-corrected chi connectivity index (χ2v) is 3.82. The van der Waals surface area contributed by atoms with Crippen LogP contribution in [-0.2, 0) is 9.59 Å². The lowest BCUT2D eigenvalue weighted by Gasteiger charge is -2.15. The Balaban J connectivity index is 2.38. The Morgan fingerprint density at radius 3 is 2.94 bits per heavy atom. The predicted molar refractivity (Wildman–Crippen MR) is 59.3 cm³/mol. The van der Waals surface area contributed by atoms with Gasteiger partial charge < -0.3 is 10.8 Å². The maximum Gasteiger partial charge on any atom is 0.308 e. The van der Waals surface area contributed by atoms with E-state index in [0.717, 1.165) is 4.90 Å². The summed E-state index contributed by atoms with van der Waals surface area (Å²) in [5, 5.41) is 17.8. The van der Waals surface area contributed by atoms with Gasteiger partial charge >= 0.3 is 5.97 Å². The first kappa shape index (κ1) is 11.8. The molecule has 1 aromatic rings. The summed E-state index contributed by atoms with van der Waals surface area (Å²) in [6.45, 7) is -0.0146. The first-order chi connectivity index (χ1) is 8.52. The standard InChI is InChI=1S/C10H9N5O3/c11-2-6-3-13-10(12)14-8(6)15-4-5(9(17)18)1-7(15)16/h3,5H,1,4H2,(H,17,18)(H2,12,13,14). The Hall–Kier alpha value is -2.69. The molecule has 0 spiro atoms. The molecule has 1 aliphatic heterocycles. The van der Waals surface area contributed by atoms with Crippen molar-refractivity contribution in [1.29, 1.82) is 5.26 Å². The molecule has 8 heteroatoms. The number of carbonyl (C=O) groups excluding carboxylic acids is 1. The highest BCUT2D eigenvalue weighted by Crippen LogP contribution is 2.26. The summed E-state index contributed by atoms with van der Waals surface area (Å²) >= 11 is 0. The number of nitrogen functional groups attached to an aromatic ring is 1. The number of anilines is 2. The van der Waals surface area contributed by atoms with E-state index in [1.54, 1.807) is 0 Å². The van der Waals surface area contributed by atoms with Gasteiger partial charge in [-0.15, -0.1) is 0 Å². The molecule has 1 amide bonds. The number of aromatic nitrogens is 2. The molecule has 18 heavy (non-hydrogen) atoms. The van der Waals surface area contributed by atoms with Gasteiger partial charge in [0.15, 0.2) is 5.82 Å². The zero-order chi connectivity index (χ0) is 13.3. The maximum absolute atomic E-state index is 11.7. The van der Waals surface area contributed by atoms with Gasteiger partial charge in [0.2, 0.25) is 11.9 Å². The summed E-state index contributed by atoms with van der Waals surface area (Å²) in [6.07, 6.45) is 1.10. The Bertz CT molecular complexity index is 565. The molecule has 0 aromatic carbocycles. The molecule has 0 radical (unpaired) electrons. The average molecular weight is 247 g/mol. The summed E-state index contributed by atoms with van der Waals surface area (Å²) in [4.78, 5) is 31.2. The van der Waals surface area contributed by atoms with E-state index in [1.165, 1.54) is 6.20 Å². The van der Waals surface area contributed by atoms with Crippen LogP contribution in [0.3, 0.4) is 0 Å². The van der Waals surface area contributed by atoms with Crippen LogP contribution in [0.15, 0.2) is 6.20 Å². The monoisotopic (exact) mass is 247 g/mol. The average Bonchev–Trinajstić information content (AvgIpc) is 2.71. The minimum absolute atomic E-state index is 0.0146. The molecule has 92 valence electrons. The Kier molecular flexibility index (Phi) is 2.81. The second-order valence-electron chi connectivity index (χ2n) is 3.82. The molecule has 1 saturated heterocycles. The van der Waals surface area contributed by atoms with E-state index in [0.29, 0.717) is 0 Å². The van der Waals surface area contributed by atoms with Gasteiger partial charge in [-0.05, 0) is 0 Å². The Labute approximate surface area is 102 Å². The van der Waals surface area contributed by atoms with Crippen LogP contribution < -0.4 is 10.6 Å². The lowest BCUT2D eigenvalue weighted by Crippen LogP contribution is -2.28. The molecular formula is C10H9N5O3. The third-order valence-electron chi connectivity index (χ3n) is 2.64. The van der Waals surface area contributed by atoms with Gasteiger partial charge in [-0.1, -0.05) is 0 Å². The third-order valence-corrected chi connectivity index (χ3v) is 2.64. The molecule has 8 nitrogen and oxygen atoms in total. The number of aliphatic carboxylic acids is 1. The minimum atomic E-state index is -1.05. The molecule has 1 atom stereocenters. The highest BCUT2D eigenvalue weighted by Gasteiger charge is 2.36. The summed E-state index contributed by atoms with van der Waals surface area (Å²) < 4.78 is 0. The van der Waals surface area contributed by atoms with Crippen LogP contribution in [0.5, 0.6) is 0 Å². The van der Waals surface area contributed by atoms with Gasteiger partial charge in [0.05, 0.1) is 12.1 Å². The molecule has 1 unspecified atom stereocenters. The van der Waals surface area contributed by atoms with Crippen molar-refractivity contribution >= 4 is 23.6 Å². The van der Waals surface area contributed by atoms with Crippen molar-refractivity contribution in [1.82, 2.24) is 9.97 Å². The van der Waals surface area contributed by atoms with Crippen molar-refractivity contribution in [3.63, 3.8) is 0 Å². The van der Waals surface area contributed by atoms with Gasteiger partial charge in [0, 0.05) is 13.0 Å². The van der Waals surface area contributed by atoms with Crippen LogP contribution in [-0.4, -0.2) is 33.5 Å². The number of hydrogen-bond donors (Lipinski definition) is 2. The van der Waals surface area contributed by atoms with Crippen molar-refractivity contribution in [2.24, 2.45) is 5.92 Å². The number of carboxylic acid groups (broad SMARTS) is 1. The van der Waals surface area contributed by atoms with E-state index < -0.39 is 17.8 Å². The summed E-state index contributed by atoms with van der Waals surface area (Å²) in [6, 6.07) is 1.84. The highest BCUT2D eigenvalue weighted by atomic mass is 16.4. The van der Waals surface area contributed by atoms with Crippen LogP contribution in [0.2, 0.25) is 0 Å². The van der Waals surface area contributed by atoms with Crippen LogP contribution in [0.25, 0.3) is 0 Å². The zero-order valence-electron chi connectivity index (χ0n) is 9.20. The quantitative estimate of drug-likeness (QED) is 0.710. The fourth-order valence-corrected chi connectivity index (χ4v) is 1.75. The third kappa shape index (κ3) is 1.93. The van der Waals surface area contributed by atoms with Gasteiger partial charge in [0.1, 0.15) is 11.6 Å². The molecule has 1 aliphatic rings. The van der Waals surface area contributed by atoms with Gasteiger partial charge in [-0.2, -0.15) is 10.2 Å². The van der Waals surface area contributed by atoms with Gasteiger partial charge in [-0.25, -0.2) is 4.98 Å². The fraction of sp³-hybridized carbons (Fsp3) is 0.300. The number of rotatable bonds is 2. The SMILES string of the molecule is N#Cc1cnc(N)nc1N1CC(C(=O)O)CC1=O. The number of nitriles is 1. The van der Waals surface area contributed by atoms with Crippen molar-refractivity contribution in [2.75, 3.05) is 17.2 Å². The van der Waals surface area contributed by atoms with Gasteiger partial charge in [-0.3, -0.25) is 14.5 Å². The first-order valence-corrected chi connectivity index (χ1v) is 5.08. The van der Waals surface area contributed by atoms with E-state index in [9.17, 15) is 9.59 Å². The molecular weight excluding hydrogens is 238 g/mol. The van der Waals surface area contributed by atoms with Crippen molar-refractivity contribution < 1.29 is 14.7 Å². The Morgan fingerprint density at radius 1 is 1.67 bits per heavy atom.